The molecule has 28 heavy (non-hydrogen) atoms. The van der Waals surface area contributed by atoms with Crippen molar-refractivity contribution in [3.05, 3.63) is 71.0 Å². The molecule has 0 unspecified atom stereocenters. The third kappa shape index (κ3) is 5.26. The fourth-order valence-corrected chi connectivity index (χ4v) is 2.53. The average molecular weight is 379 g/mol. The molecule has 1 aromatic heterocycles. The number of aromatic nitrogens is 2. The number of amides is 1. The zero-order chi connectivity index (χ0) is 19.9. The molecule has 2 aromatic carbocycles. The lowest BCUT2D eigenvalue weighted by molar-refractivity contribution is -0.118. The first kappa shape index (κ1) is 19.3. The zero-order valence-corrected chi connectivity index (χ0v) is 15.8. The average Bonchev–Trinajstić information content (AvgIpc) is 3.16. The maximum Gasteiger partial charge on any atom is 0.338 e. The Kier molecular flexibility index (Phi) is 6.16. The summed E-state index contributed by atoms with van der Waals surface area (Å²) in [5, 5.41) is 6.58. The van der Waals surface area contributed by atoms with Crippen LogP contribution >= 0.6 is 0 Å². The van der Waals surface area contributed by atoms with E-state index < -0.39 is 5.97 Å². The number of esters is 1. The number of ether oxygens (including phenoxy) is 1. The van der Waals surface area contributed by atoms with Gasteiger partial charge in [0, 0.05) is 19.0 Å². The van der Waals surface area contributed by atoms with Crippen LogP contribution in [0.5, 0.6) is 0 Å². The fourth-order valence-electron chi connectivity index (χ4n) is 2.53. The summed E-state index contributed by atoms with van der Waals surface area (Å²) in [5.74, 6) is 0.160. The molecule has 7 nitrogen and oxygen atoms in total. The lowest BCUT2D eigenvalue weighted by atomic mass is 10.1. The van der Waals surface area contributed by atoms with Crippen molar-refractivity contribution in [2.45, 2.75) is 26.9 Å². The third-order valence-electron chi connectivity index (χ3n) is 4.08. The Morgan fingerprint density at radius 1 is 1.07 bits per heavy atom. The van der Waals surface area contributed by atoms with Crippen molar-refractivity contribution >= 4 is 11.9 Å². The van der Waals surface area contributed by atoms with E-state index in [9.17, 15) is 9.59 Å². The first-order valence-corrected chi connectivity index (χ1v) is 8.91. The van der Waals surface area contributed by atoms with Crippen LogP contribution in [0.4, 0.5) is 0 Å². The number of carbonyl (C=O) groups is 2. The number of carbonyl (C=O) groups excluding carboxylic acids is 2. The van der Waals surface area contributed by atoms with Gasteiger partial charge in [-0.25, -0.2) is 4.79 Å². The Bertz CT molecular complexity index is 947. The highest BCUT2D eigenvalue weighted by Gasteiger charge is 2.12. The van der Waals surface area contributed by atoms with Crippen LogP contribution in [-0.4, -0.2) is 28.6 Å². The van der Waals surface area contributed by atoms with Crippen molar-refractivity contribution < 1.29 is 18.8 Å². The highest BCUT2D eigenvalue weighted by molar-refractivity contribution is 5.89. The van der Waals surface area contributed by atoms with Crippen LogP contribution in [0.1, 0.15) is 34.2 Å². The quantitative estimate of drug-likeness (QED) is 0.634. The van der Waals surface area contributed by atoms with Gasteiger partial charge in [-0.15, -0.1) is 0 Å². The van der Waals surface area contributed by atoms with Crippen molar-refractivity contribution in [3.8, 4) is 11.5 Å². The number of benzene rings is 2. The zero-order valence-electron chi connectivity index (χ0n) is 15.8. The molecule has 0 saturated heterocycles. The van der Waals surface area contributed by atoms with Gasteiger partial charge in [-0.05, 0) is 43.2 Å². The first-order valence-electron chi connectivity index (χ1n) is 8.91. The monoisotopic (exact) mass is 379 g/mol. The Labute approximate surface area is 162 Å². The molecule has 0 aliphatic carbocycles. The van der Waals surface area contributed by atoms with E-state index in [4.69, 9.17) is 9.26 Å². The minimum absolute atomic E-state index is 0.0628. The van der Waals surface area contributed by atoms with Crippen molar-refractivity contribution in [2.24, 2.45) is 0 Å². The largest absolute Gasteiger partial charge is 0.454 e. The van der Waals surface area contributed by atoms with Crippen LogP contribution in [0.2, 0.25) is 0 Å². The molecule has 0 radical (unpaired) electrons. The van der Waals surface area contributed by atoms with Crippen LogP contribution in [0.3, 0.4) is 0 Å². The number of hydrogen-bond donors (Lipinski definition) is 1. The van der Waals surface area contributed by atoms with Crippen molar-refractivity contribution in [1.29, 1.82) is 0 Å². The van der Waals surface area contributed by atoms with Gasteiger partial charge in [-0.3, -0.25) is 4.79 Å². The van der Waals surface area contributed by atoms with E-state index >= 15 is 0 Å². The number of nitrogens with zero attached hydrogens (tertiary/aromatic N) is 2. The molecule has 0 aliphatic rings. The molecular formula is C21H21N3O4. The minimum Gasteiger partial charge on any atom is -0.454 e. The second kappa shape index (κ2) is 8.94. The molecule has 3 aromatic rings. The third-order valence-corrected chi connectivity index (χ3v) is 4.08. The molecule has 0 atom stereocenters. The summed E-state index contributed by atoms with van der Waals surface area (Å²) < 4.78 is 10.5. The molecule has 144 valence electrons. The van der Waals surface area contributed by atoms with Crippen molar-refractivity contribution in [1.82, 2.24) is 15.5 Å². The Morgan fingerprint density at radius 3 is 2.46 bits per heavy atom. The number of hydrogen-bond acceptors (Lipinski definition) is 6. The maximum atomic E-state index is 12.2. The summed E-state index contributed by atoms with van der Waals surface area (Å²) >= 11 is 0. The van der Waals surface area contributed by atoms with Gasteiger partial charge in [-0.1, -0.05) is 35.0 Å². The van der Waals surface area contributed by atoms with Crippen LogP contribution in [0.15, 0.2) is 53.1 Å². The maximum absolute atomic E-state index is 12.2. The Balaban J connectivity index is 1.52. The predicted molar refractivity (Wildman–Crippen MR) is 102 cm³/mol. The Hall–Kier alpha value is -3.48. The van der Waals surface area contributed by atoms with Crippen LogP contribution in [0, 0.1) is 6.92 Å². The van der Waals surface area contributed by atoms with Crippen LogP contribution in [-0.2, 0) is 22.6 Å². The van der Waals surface area contributed by atoms with Crippen LogP contribution < -0.4 is 5.32 Å². The van der Waals surface area contributed by atoms with Gasteiger partial charge in [0.1, 0.15) is 0 Å². The topological polar surface area (TPSA) is 94.3 Å². The molecule has 1 heterocycles. The van der Waals surface area contributed by atoms with Gasteiger partial charge in [0.2, 0.25) is 11.7 Å². The van der Waals surface area contributed by atoms with E-state index in [-0.39, 0.29) is 12.5 Å². The minimum atomic E-state index is -0.463. The van der Waals surface area contributed by atoms with Crippen LogP contribution in [0.25, 0.3) is 11.5 Å². The molecule has 0 bridgehead atoms. The van der Waals surface area contributed by atoms with Gasteiger partial charge in [0.25, 0.3) is 5.89 Å². The second-order valence-electron chi connectivity index (χ2n) is 6.39. The summed E-state index contributed by atoms with van der Waals surface area (Å²) in [6, 6.07) is 14.8. The van der Waals surface area contributed by atoms with E-state index in [1.165, 1.54) is 6.92 Å². The van der Waals surface area contributed by atoms with E-state index in [0.717, 1.165) is 16.7 Å². The molecule has 7 heteroatoms. The summed E-state index contributed by atoms with van der Waals surface area (Å²) in [7, 11) is 0. The van der Waals surface area contributed by atoms with E-state index in [1.807, 2.05) is 43.3 Å². The fraction of sp³-hybridized carbons (Fsp3) is 0.238. The summed E-state index contributed by atoms with van der Waals surface area (Å²) in [6.07, 6.45) is 0.694. The van der Waals surface area contributed by atoms with Gasteiger partial charge >= 0.3 is 5.97 Å². The summed E-state index contributed by atoms with van der Waals surface area (Å²) in [6.45, 7) is 3.96. The normalized spacial score (nSPS) is 10.5. The highest BCUT2D eigenvalue weighted by Crippen LogP contribution is 2.18. The van der Waals surface area contributed by atoms with E-state index in [1.54, 1.807) is 12.1 Å². The molecule has 1 amide bonds. The Morgan fingerprint density at radius 2 is 1.79 bits per heavy atom. The number of aryl methyl sites for hydroxylation is 1. The predicted octanol–water partition coefficient (Wildman–Crippen LogP) is 3.08. The lowest BCUT2D eigenvalue weighted by Gasteiger charge is -2.05. The number of rotatable bonds is 7. The molecule has 3 rings (SSSR count). The lowest BCUT2D eigenvalue weighted by Crippen LogP contribution is -2.22. The number of nitrogens with one attached hydrogen (secondary N) is 1. The standard InChI is InChI=1S/C21H21N3O4/c1-14-3-7-17(8-4-14)20-23-19(24-28-20)13-27-21(26)18-9-5-16(6-10-18)11-12-22-15(2)25/h3-10H,11-13H2,1-2H3,(H,22,25). The second-order valence-corrected chi connectivity index (χ2v) is 6.39. The van der Waals surface area contributed by atoms with E-state index in [2.05, 4.69) is 15.5 Å². The van der Waals surface area contributed by atoms with Crippen molar-refractivity contribution in [3.63, 3.8) is 0 Å². The molecule has 1 N–H and O–H groups in total. The van der Waals surface area contributed by atoms with E-state index in [0.29, 0.717) is 30.2 Å². The van der Waals surface area contributed by atoms with Crippen molar-refractivity contribution in [2.75, 3.05) is 6.54 Å². The van der Waals surface area contributed by atoms with Gasteiger partial charge in [-0.2, -0.15) is 4.98 Å². The molecule has 0 spiro atoms. The molecule has 0 saturated carbocycles. The van der Waals surface area contributed by atoms with Gasteiger partial charge < -0.3 is 14.6 Å². The molecular weight excluding hydrogens is 358 g/mol. The summed E-state index contributed by atoms with van der Waals surface area (Å²) in [5.41, 5.74) is 3.40. The first-order chi connectivity index (χ1) is 13.5. The molecule has 0 fully saturated rings. The summed E-state index contributed by atoms with van der Waals surface area (Å²) in [4.78, 5) is 27.3. The van der Waals surface area contributed by atoms with Gasteiger partial charge in [0.05, 0.1) is 5.56 Å². The smallest absolute Gasteiger partial charge is 0.338 e. The molecule has 0 aliphatic heterocycles. The SMILES string of the molecule is CC(=O)NCCc1ccc(C(=O)OCc2noc(-c3ccc(C)cc3)n2)cc1. The van der Waals surface area contributed by atoms with Gasteiger partial charge in [0.15, 0.2) is 6.61 Å². The highest BCUT2D eigenvalue weighted by atomic mass is 16.5.